The van der Waals surface area contributed by atoms with Crippen LogP contribution >= 0.6 is 0 Å². The Labute approximate surface area is 205 Å². The molecule has 0 unspecified atom stereocenters. The molecule has 0 saturated carbocycles. The molecule has 0 atom stereocenters. The lowest BCUT2D eigenvalue weighted by atomic mass is 9.99. The van der Waals surface area contributed by atoms with Crippen molar-refractivity contribution in [3.05, 3.63) is 83.7 Å². The number of carboxylic acids is 1. The van der Waals surface area contributed by atoms with Gasteiger partial charge in [-0.3, -0.25) is 0 Å². The summed E-state index contributed by atoms with van der Waals surface area (Å²) < 4.78 is 86.1. The number of nitrogens with zero attached hydrogens (tertiary/aromatic N) is 1. The Kier molecular flexibility index (Phi) is 8.05. The fourth-order valence-electron chi connectivity index (χ4n) is 3.50. The second-order valence-electron chi connectivity index (χ2n) is 8.19. The third kappa shape index (κ3) is 6.41. The minimum absolute atomic E-state index is 0.0259. The Hall–Kier alpha value is -3.44. The quantitative estimate of drug-likeness (QED) is 0.369. The van der Waals surface area contributed by atoms with Gasteiger partial charge in [-0.05, 0) is 73.5 Å². The zero-order valence-electron chi connectivity index (χ0n) is 19.3. The predicted octanol–water partition coefficient (Wildman–Crippen LogP) is 5.57. The SMILES string of the molecule is CC(C)N(Cc1ccc(OCC(=O)O)c(-c2cccc(C(F)(F)F)c2)c1)S(=O)(=O)c1ccc(F)cc1. The van der Waals surface area contributed by atoms with Crippen LogP contribution in [0, 0.1) is 5.82 Å². The average molecular weight is 526 g/mol. The minimum atomic E-state index is -4.60. The molecule has 1 N–H and O–H groups in total. The van der Waals surface area contributed by atoms with Crippen molar-refractivity contribution < 1.29 is 40.6 Å². The number of halogens is 4. The van der Waals surface area contributed by atoms with Crippen molar-refractivity contribution >= 4 is 16.0 Å². The van der Waals surface area contributed by atoms with Gasteiger partial charge in [-0.15, -0.1) is 0 Å². The van der Waals surface area contributed by atoms with Crippen LogP contribution < -0.4 is 4.74 Å². The third-order valence-electron chi connectivity index (χ3n) is 5.23. The number of rotatable bonds is 9. The van der Waals surface area contributed by atoms with Gasteiger partial charge in [0.1, 0.15) is 11.6 Å². The summed E-state index contributed by atoms with van der Waals surface area (Å²) in [6.45, 7) is 2.43. The molecule has 192 valence electrons. The highest BCUT2D eigenvalue weighted by Crippen LogP contribution is 2.36. The molecule has 0 saturated heterocycles. The van der Waals surface area contributed by atoms with Crippen molar-refractivity contribution in [2.75, 3.05) is 6.61 Å². The number of carbonyl (C=O) groups is 1. The molecule has 0 aliphatic carbocycles. The van der Waals surface area contributed by atoms with E-state index in [9.17, 15) is 30.8 Å². The van der Waals surface area contributed by atoms with Crippen LogP contribution in [0.5, 0.6) is 5.75 Å². The zero-order chi connectivity index (χ0) is 26.7. The van der Waals surface area contributed by atoms with E-state index in [4.69, 9.17) is 9.84 Å². The molecule has 6 nitrogen and oxygen atoms in total. The standard InChI is InChI=1S/C25H23F4NO5S/c1-16(2)30(36(33,34)21-9-7-20(26)8-10-21)14-17-6-11-23(35-15-24(31)32)22(12-17)18-4-3-5-19(13-18)25(27,28)29/h3-13,16H,14-15H2,1-2H3,(H,31,32). The van der Waals surface area contributed by atoms with Gasteiger partial charge in [-0.2, -0.15) is 17.5 Å². The molecule has 0 amide bonds. The number of hydrogen-bond donors (Lipinski definition) is 1. The van der Waals surface area contributed by atoms with Crippen molar-refractivity contribution in [1.29, 1.82) is 0 Å². The number of sulfonamides is 1. The first kappa shape index (κ1) is 27.2. The van der Waals surface area contributed by atoms with Gasteiger partial charge in [-0.1, -0.05) is 18.2 Å². The van der Waals surface area contributed by atoms with Gasteiger partial charge in [0.05, 0.1) is 10.5 Å². The van der Waals surface area contributed by atoms with Crippen LogP contribution in [0.3, 0.4) is 0 Å². The Morgan fingerprint density at radius 3 is 2.28 bits per heavy atom. The number of carboxylic acid groups (broad SMARTS) is 1. The topological polar surface area (TPSA) is 83.9 Å². The summed E-state index contributed by atoms with van der Waals surface area (Å²) in [4.78, 5) is 10.9. The van der Waals surface area contributed by atoms with Crippen LogP contribution in [-0.2, 0) is 27.5 Å². The molecular formula is C25H23F4NO5S. The van der Waals surface area contributed by atoms with Crippen LogP contribution in [-0.4, -0.2) is 36.4 Å². The summed E-state index contributed by atoms with van der Waals surface area (Å²) >= 11 is 0. The summed E-state index contributed by atoms with van der Waals surface area (Å²) in [5, 5.41) is 8.97. The van der Waals surface area contributed by atoms with Crippen molar-refractivity contribution in [2.45, 2.75) is 37.5 Å². The molecule has 36 heavy (non-hydrogen) atoms. The minimum Gasteiger partial charge on any atom is -0.481 e. The molecule has 0 bridgehead atoms. The van der Waals surface area contributed by atoms with Crippen LogP contribution in [0.4, 0.5) is 17.6 Å². The molecule has 3 rings (SSSR count). The fourth-order valence-corrected chi connectivity index (χ4v) is 5.12. The average Bonchev–Trinajstić information content (AvgIpc) is 2.81. The van der Waals surface area contributed by atoms with Crippen molar-refractivity contribution in [1.82, 2.24) is 4.31 Å². The highest BCUT2D eigenvalue weighted by molar-refractivity contribution is 7.89. The Morgan fingerprint density at radius 2 is 1.69 bits per heavy atom. The summed E-state index contributed by atoms with van der Waals surface area (Å²) in [6, 6.07) is 12.6. The molecule has 0 heterocycles. The van der Waals surface area contributed by atoms with Crippen LogP contribution in [0.2, 0.25) is 0 Å². The van der Waals surface area contributed by atoms with Crippen LogP contribution in [0.15, 0.2) is 71.6 Å². The number of alkyl halides is 3. The van der Waals surface area contributed by atoms with E-state index >= 15 is 0 Å². The Bertz CT molecular complexity index is 1340. The van der Waals surface area contributed by atoms with E-state index in [1.54, 1.807) is 13.8 Å². The first-order valence-corrected chi connectivity index (χ1v) is 12.2. The molecule has 0 aliphatic rings. The van der Waals surface area contributed by atoms with Gasteiger partial charge < -0.3 is 9.84 Å². The largest absolute Gasteiger partial charge is 0.481 e. The van der Waals surface area contributed by atoms with E-state index in [-0.39, 0.29) is 28.3 Å². The van der Waals surface area contributed by atoms with Crippen molar-refractivity contribution in [3.8, 4) is 16.9 Å². The van der Waals surface area contributed by atoms with Crippen molar-refractivity contribution in [2.24, 2.45) is 0 Å². The second-order valence-corrected chi connectivity index (χ2v) is 10.1. The molecular weight excluding hydrogens is 502 g/mol. The second kappa shape index (κ2) is 10.7. The van der Waals surface area contributed by atoms with E-state index in [1.165, 1.54) is 34.6 Å². The monoisotopic (exact) mass is 525 g/mol. The van der Waals surface area contributed by atoms with Gasteiger partial charge in [-0.25, -0.2) is 17.6 Å². The van der Waals surface area contributed by atoms with E-state index in [0.29, 0.717) is 5.56 Å². The third-order valence-corrected chi connectivity index (χ3v) is 7.27. The molecule has 0 spiro atoms. The van der Waals surface area contributed by atoms with Gasteiger partial charge in [0.25, 0.3) is 0 Å². The number of aliphatic carboxylic acids is 1. The first-order valence-electron chi connectivity index (χ1n) is 10.7. The maximum Gasteiger partial charge on any atom is 0.416 e. The Balaban J connectivity index is 2.05. The summed E-state index contributed by atoms with van der Waals surface area (Å²) in [7, 11) is -4.04. The molecule has 3 aromatic rings. The van der Waals surface area contributed by atoms with E-state index < -0.39 is 46.2 Å². The summed E-state index contributed by atoms with van der Waals surface area (Å²) in [6.07, 6.45) is -4.60. The molecule has 0 aliphatic heterocycles. The van der Waals surface area contributed by atoms with Gasteiger partial charge in [0.15, 0.2) is 6.61 Å². The van der Waals surface area contributed by atoms with E-state index in [1.807, 2.05) is 0 Å². The van der Waals surface area contributed by atoms with Gasteiger partial charge >= 0.3 is 12.1 Å². The summed E-state index contributed by atoms with van der Waals surface area (Å²) in [5.41, 5.74) is -0.200. The van der Waals surface area contributed by atoms with Crippen molar-refractivity contribution in [3.63, 3.8) is 0 Å². The molecule has 0 fully saturated rings. The molecule has 0 aromatic heterocycles. The summed E-state index contributed by atoms with van der Waals surface area (Å²) in [5.74, 6) is -1.84. The number of ether oxygens (including phenoxy) is 1. The highest BCUT2D eigenvalue weighted by atomic mass is 32.2. The smallest absolute Gasteiger partial charge is 0.416 e. The highest BCUT2D eigenvalue weighted by Gasteiger charge is 2.31. The lowest BCUT2D eigenvalue weighted by Crippen LogP contribution is -2.36. The number of hydrogen-bond acceptors (Lipinski definition) is 4. The van der Waals surface area contributed by atoms with E-state index in [0.717, 1.165) is 36.4 Å². The fraction of sp³-hybridized carbons (Fsp3) is 0.240. The maximum atomic E-state index is 13.3. The van der Waals surface area contributed by atoms with E-state index in [2.05, 4.69) is 0 Å². The van der Waals surface area contributed by atoms with Crippen LogP contribution in [0.1, 0.15) is 25.0 Å². The lowest BCUT2D eigenvalue weighted by Gasteiger charge is -2.26. The predicted molar refractivity (Wildman–Crippen MR) is 124 cm³/mol. The molecule has 3 aromatic carbocycles. The zero-order valence-corrected chi connectivity index (χ0v) is 20.1. The van der Waals surface area contributed by atoms with Gasteiger partial charge in [0.2, 0.25) is 10.0 Å². The lowest BCUT2D eigenvalue weighted by molar-refractivity contribution is -0.139. The maximum absolute atomic E-state index is 13.3. The van der Waals surface area contributed by atoms with Crippen LogP contribution in [0.25, 0.3) is 11.1 Å². The molecule has 0 radical (unpaired) electrons. The number of benzene rings is 3. The first-order chi connectivity index (χ1) is 16.8. The molecule has 11 heteroatoms. The Morgan fingerprint density at radius 1 is 1.03 bits per heavy atom. The normalized spacial score (nSPS) is 12.2. The van der Waals surface area contributed by atoms with Gasteiger partial charge in [0, 0.05) is 18.2 Å².